The Kier molecular flexibility index (Phi) is 6.91. The topological polar surface area (TPSA) is 124 Å². The van der Waals surface area contributed by atoms with Crippen molar-refractivity contribution in [2.75, 3.05) is 37.8 Å². The molecule has 1 aliphatic heterocycles. The summed E-state index contributed by atoms with van der Waals surface area (Å²) in [6.07, 6.45) is 1.67. The van der Waals surface area contributed by atoms with Crippen LogP contribution in [0.1, 0.15) is 33.2 Å². The van der Waals surface area contributed by atoms with Gasteiger partial charge in [0, 0.05) is 43.5 Å². The number of aromatic nitrogens is 1. The van der Waals surface area contributed by atoms with E-state index in [-0.39, 0.29) is 30.0 Å². The maximum Gasteiger partial charge on any atom is 0.338 e. The molecule has 1 aliphatic rings. The van der Waals surface area contributed by atoms with Crippen molar-refractivity contribution in [3.63, 3.8) is 0 Å². The number of rotatable bonds is 7. The Balaban J connectivity index is 1.72. The Labute approximate surface area is 172 Å². The summed E-state index contributed by atoms with van der Waals surface area (Å²) in [4.78, 5) is 41.5. The van der Waals surface area contributed by atoms with Crippen molar-refractivity contribution in [3.05, 3.63) is 63.3 Å². The average Bonchev–Trinajstić information content (AvgIpc) is 2.78. The first-order valence-corrected chi connectivity index (χ1v) is 9.50. The zero-order valence-electron chi connectivity index (χ0n) is 16.5. The van der Waals surface area contributed by atoms with Gasteiger partial charge in [-0.1, -0.05) is 0 Å². The number of nitro benzene ring substituents is 1. The van der Waals surface area contributed by atoms with E-state index in [4.69, 9.17) is 9.47 Å². The number of morpholine rings is 1. The second-order valence-electron chi connectivity index (χ2n) is 6.55. The van der Waals surface area contributed by atoms with Crippen molar-refractivity contribution in [1.29, 1.82) is 0 Å². The molecule has 30 heavy (non-hydrogen) atoms. The Morgan fingerprint density at radius 3 is 2.67 bits per heavy atom. The lowest BCUT2D eigenvalue weighted by molar-refractivity contribution is -0.384. The third kappa shape index (κ3) is 5.29. The van der Waals surface area contributed by atoms with Crippen molar-refractivity contribution >= 4 is 23.4 Å². The third-order valence-corrected chi connectivity index (χ3v) is 4.50. The first kappa shape index (κ1) is 21.2. The van der Waals surface area contributed by atoms with Crippen molar-refractivity contribution in [1.82, 2.24) is 10.3 Å². The predicted octanol–water partition coefficient (Wildman–Crippen LogP) is 1.93. The van der Waals surface area contributed by atoms with Crippen LogP contribution in [0.4, 0.5) is 11.5 Å². The molecule has 1 N–H and O–H groups in total. The lowest BCUT2D eigenvalue weighted by atomic mass is 10.1. The van der Waals surface area contributed by atoms with Gasteiger partial charge in [0.2, 0.25) is 0 Å². The predicted molar refractivity (Wildman–Crippen MR) is 107 cm³/mol. The van der Waals surface area contributed by atoms with Gasteiger partial charge in [0.1, 0.15) is 5.82 Å². The number of carbonyl (C=O) groups is 2. The summed E-state index contributed by atoms with van der Waals surface area (Å²) in [5, 5.41) is 13.9. The normalized spacial score (nSPS) is 13.6. The molecule has 2 heterocycles. The molecule has 1 amide bonds. The molecular formula is C20H22N4O6. The maximum absolute atomic E-state index is 12.6. The average molecular weight is 414 g/mol. The summed E-state index contributed by atoms with van der Waals surface area (Å²) >= 11 is 0. The number of non-ortho nitro benzene ring substituents is 1. The van der Waals surface area contributed by atoms with Gasteiger partial charge in [-0.3, -0.25) is 14.9 Å². The monoisotopic (exact) mass is 414 g/mol. The smallest absolute Gasteiger partial charge is 0.338 e. The quantitative estimate of drug-likeness (QED) is 0.414. The van der Waals surface area contributed by atoms with Crippen LogP contribution in [0.5, 0.6) is 0 Å². The highest BCUT2D eigenvalue weighted by Crippen LogP contribution is 2.19. The second-order valence-corrected chi connectivity index (χ2v) is 6.55. The standard InChI is InChI=1S/C20H22N4O6/c1-2-30-20(26)16-10-15(11-17(12-16)24(27)28)19(25)22-13-14-3-4-21-18(9-14)23-5-7-29-8-6-23/h3-4,9-12H,2,5-8,13H2,1H3,(H,22,25). The number of hydrogen-bond donors (Lipinski definition) is 1. The zero-order chi connectivity index (χ0) is 21.5. The molecule has 2 aromatic rings. The van der Waals surface area contributed by atoms with Crippen molar-refractivity contribution in [3.8, 4) is 0 Å². The van der Waals surface area contributed by atoms with Gasteiger partial charge in [0.05, 0.1) is 30.3 Å². The second kappa shape index (κ2) is 9.79. The number of benzene rings is 1. The highest BCUT2D eigenvalue weighted by Gasteiger charge is 2.19. The highest BCUT2D eigenvalue weighted by molar-refractivity contribution is 5.99. The molecule has 0 radical (unpaired) electrons. The summed E-state index contributed by atoms with van der Waals surface area (Å²) < 4.78 is 10.2. The maximum atomic E-state index is 12.6. The largest absolute Gasteiger partial charge is 0.462 e. The van der Waals surface area contributed by atoms with E-state index in [1.807, 2.05) is 6.07 Å². The SMILES string of the molecule is CCOC(=O)c1cc(C(=O)NCc2ccnc(N3CCOCC3)c2)cc([N+](=O)[O-])c1. The summed E-state index contributed by atoms with van der Waals surface area (Å²) in [7, 11) is 0. The minimum atomic E-state index is -0.723. The number of hydrogen-bond acceptors (Lipinski definition) is 8. The van der Waals surface area contributed by atoms with Crippen LogP contribution >= 0.6 is 0 Å². The fourth-order valence-electron chi connectivity index (χ4n) is 3.00. The van der Waals surface area contributed by atoms with Crippen LogP contribution in [0, 0.1) is 10.1 Å². The molecule has 0 bridgehead atoms. The molecule has 1 fully saturated rings. The van der Waals surface area contributed by atoms with Gasteiger partial charge >= 0.3 is 5.97 Å². The lowest BCUT2D eigenvalue weighted by Gasteiger charge is -2.28. The van der Waals surface area contributed by atoms with Crippen LogP contribution in [0.25, 0.3) is 0 Å². The number of esters is 1. The fourth-order valence-corrected chi connectivity index (χ4v) is 3.00. The van der Waals surface area contributed by atoms with E-state index in [0.717, 1.165) is 36.6 Å². The summed E-state index contributed by atoms with van der Waals surface area (Å²) in [6, 6.07) is 7.16. The van der Waals surface area contributed by atoms with Gasteiger partial charge in [-0.2, -0.15) is 0 Å². The van der Waals surface area contributed by atoms with Crippen LogP contribution in [0.2, 0.25) is 0 Å². The molecule has 0 saturated carbocycles. The number of anilines is 1. The summed E-state index contributed by atoms with van der Waals surface area (Å²) in [6.45, 7) is 4.71. The van der Waals surface area contributed by atoms with Crippen molar-refractivity contribution in [2.45, 2.75) is 13.5 Å². The molecule has 0 unspecified atom stereocenters. The van der Waals surface area contributed by atoms with E-state index in [2.05, 4.69) is 15.2 Å². The number of nitro groups is 1. The molecular weight excluding hydrogens is 392 g/mol. The van der Waals surface area contributed by atoms with Gasteiger partial charge in [-0.25, -0.2) is 9.78 Å². The Bertz CT molecular complexity index is 943. The molecule has 10 nitrogen and oxygen atoms in total. The molecule has 10 heteroatoms. The van der Waals surface area contributed by atoms with E-state index >= 15 is 0 Å². The molecule has 0 spiro atoms. The molecule has 0 atom stereocenters. The Morgan fingerprint density at radius 2 is 1.97 bits per heavy atom. The van der Waals surface area contributed by atoms with E-state index in [1.54, 1.807) is 19.2 Å². The first-order valence-electron chi connectivity index (χ1n) is 9.50. The van der Waals surface area contributed by atoms with Gasteiger partial charge in [-0.05, 0) is 30.7 Å². The lowest BCUT2D eigenvalue weighted by Crippen LogP contribution is -2.36. The molecule has 1 saturated heterocycles. The minimum Gasteiger partial charge on any atom is -0.462 e. The van der Waals surface area contributed by atoms with Crippen molar-refractivity contribution in [2.24, 2.45) is 0 Å². The van der Waals surface area contributed by atoms with Crippen LogP contribution in [-0.2, 0) is 16.0 Å². The van der Waals surface area contributed by atoms with E-state index in [1.165, 1.54) is 6.07 Å². The van der Waals surface area contributed by atoms with Crippen LogP contribution in [0.15, 0.2) is 36.5 Å². The molecule has 158 valence electrons. The van der Waals surface area contributed by atoms with Gasteiger partial charge in [-0.15, -0.1) is 0 Å². The van der Waals surface area contributed by atoms with E-state index in [0.29, 0.717) is 13.2 Å². The molecule has 1 aromatic heterocycles. The first-order chi connectivity index (χ1) is 14.5. The van der Waals surface area contributed by atoms with Crippen LogP contribution in [-0.4, -0.2) is 54.7 Å². The molecule has 1 aromatic carbocycles. The van der Waals surface area contributed by atoms with Crippen LogP contribution < -0.4 is 10.2 Å². The number of ether oxygens (including phenoxy) is 2. The fraction of sp³-hybridized carbons (Fsp3) is 0.350. The van der Waals surface area contributed by atoms with Crippen LogP contribution in [0.3, 0.4) is 0 Å². The summed E-state index contributed by atoms with van der Waals surface area (Å²) in [5.41, 5.74) is 0.435. The Hall–Kier alpha value is -3.53. The van der Waals surface area contributed by atoms with E-state index in [9.17, 15) is 19.7 Å². The number of nitrogens with zero attached hydrogens (tertiary/aromatic N) is 3. The number of amides is 1. The molecule has 3 rings (SSSR count). The zero-order valence-corrected chi connectivity index (χ0v) is 16.5. The van der Waals surface area contributed by atoms with E-state index < -0.39 is 16.8 Å². The Morgan fingerprint density at radius 1 is 1.23 bits per heavy atom. The number of pyridine rings is 1. The third-order valence-electron chi connectivity index (χ3n) is 4.50. The highest BCUT2D eigenvalue weighted by atomic mass is 16.6. The minimum absolute atomic E-state index is 0.00899. The number of nitrogens with one attached hydrogen (secondary N) is 1. The number of carbonyl (C=O) groups excluding carboxylic acids is 2. The van der Waals surface area contributed by atoms with Gasteiger partial charge in [0.25, 0.3) is 11.6 Å². The summed E-state index contributed by atoms with van der Waals surface area (Å²) in [5.74, 6) is -0.460. The van der Waals surface area contributed by atoms with Gasteiger partial charge in [0.15, 0.2) is 0 Å². The molecule has 0 aliphatic carbocycles. The van der Waals surface area contributed by atoms with Crippen molar-refractivity contribution < 1.29 is 24.0 Å². The van der Waals surface area contributed by atoms with Gasteiger partial charge < -0.3 is 19.7 Å².